The van der Waals surface area contributed by atoms with Gasteiger partial charge in [0.15, 0.2) is 0 Å². The smallest absolute Gasteiger partial charge is 0.410 e. The van der Waals surface area contributed by atoms with E-state index < -0.39 is 18.1 Å². The van der Waals surface area contributed by atoms with Crippen LogP contribution in [0.4, 0.5) is 4.79 Å². The molecule has 190 valence electrons. The first-order valence-electron chi connectivity index (χ1n) is 12.3. The van der Waals surface area contributed by atoms with E-state index in [0.29, 0.717) is 13.1 Å². The maximum atomic E-state index is 13.4. The SMILES string of the molecule is C=CCOC(=O)C[C@@H](C(=O)N1CCC(C)(C)C1)N(C)C(=O)OCC1c2ccccc2-c2ccccc21. The van der Waals surface area contributed by atoms with E-state index in [2.05, 4.69) is 44.7 Å². The first-order valence-corrected chi connectivity index (χ1v) is 12.3. The van der Waals surface area contributed by atoms with Crippen LogP contribution >= 0.6 is 0 Å². The fourth-order valence-electron chi connectivity index (χ4n) is 5.09. The van der Waals surface area contributed by atoms with Crippen LogP contribution in [-0.2, 0) is 19.1 Å². The molecule has 1 fully saturated rings. The molecule has 1 aliphatic carbocycles. The lowest BCUT2D eigenvalue weighted by Gasteiger charge is -2.30. The van der Waals surface area contributed by atoms with Gasteiger partial charge in [-0.05, 0) is 34.1 Å². The van der Waals surface area contributed by atoms with E-state index in [1.807, 2.05) is 24.3 Å². The van der Waals surface area contributed by atoms with Gasteiger partial charge in [0.05, 0.1) is 6.42 Å². The molecule has 2 aromatic rings. The fraction of sp³-hybridized carbons (Fsp3) is 0.414. The van der Waals surface area contributed by atoms with E-state index in [1.165, 1.54) is 18.0 Å². The molecule has 7 nitrogen and oxygen atoms in total. The lowest BCUT2D eigenvalue weighted by Crippen LogP contribution is -2.50. The minimum absolute atomic E-state index is 0.00804. The highest BCUT2D eigenvalue weighted by Gasteiger charge is 2.39. The van der Waals surface area contributed by atoms with Gasteiger partial charge in [-0.2, -0.15) is 0 Å². The van der Waals surface area contributed by atoms with Gasteiger partial charge in [-0.25, -0.2) is 4.79 Å². The van der Waals surface area contributed by atoms with Gasteiger partial charge in [0.1, 0.15) is 19.3 Å². The van der Waals surface area contributed by atoms with Crippen molar-refractivity contribution >= 4 is 18.0 Å². The molecule has 0 N–H and O–H groups in total. The summed E-state index contributed by atoms with van der Waals surface area (Å²) >= 11 is 0. The number of likely N-dealkylation sites (N-methyl/N-ethyl adjacent to an activating group) is 1. The van der Waals surface area contributed by atoms with Crippen LogP contribution in [0, 0.1) is 5.41 Å². The van der Waals surface area contributed by atoms with Crippen LogP contribution in [0.2, 0.25) is 0 Å². The normalized spacial score (nSPS) is 16.6. The zero-order valence-corrected chi connectivity index (χ0v) is 21.2. The van der Waals surface area contributed by atoms with Crippen molar-refractivity contribution in [3.8, 4) is 11.1 Å². The summed E-state index contributed by atoms with van der Waals surface area (Å²) in [6, 6.07) is 15.2. The number of ether oxygens (including phenoxy) is 2. The Morgan fingerprint density at radius 2 is 1.69 bits per heavy atom. The Hall–Kier alpha value is -3.61. The fourth-order valence-corrected chi connectivity index (χ4v) is 5.09. The van der Waals surface area contributed by atoms with Crippen molar-refractivity contribution in [3.63, 3.8) is 0 Å². The average molecular weight is 491 g/mol. The summed E-state index contributed by atoms with van der Waals surface area (Å²) in [4.78, 5) is 42.0. The lowest BCUT2D eigenvalue weighted by atomic mass is 9.93. The number of benzene rings is 2. The number of hydrogen-bond acceptors (Lipinski definition) is 5. The standard InChI is InChI=1S/C29H34N2O5/c1-5-16-35-26(32)17-25(27(33)31-15-14-29(2,3)19-31)30(4)28(34)36-18-24-22-12-8-6-10-20(22)21-11-7-9-13-23(21)24/h5-13,24-25H,1,14-19H2,2-4H3/t25-/m0/s1. The van der Waals surface area contributed by atoms with Crippen molar-refractivity contribution in [2.24, 2.45) is 5.41 Å². The quantitative estimate of drug-likeness (QED) is 0.399. The highest BCUT2D eigenvalue weighted by Crippen LogP contribution is 2.44. The third kappa shape index (κ3) is 5.30. The monoisotopic (exact) mass is 490 g/mol. The van der Waals surface area contributed by atoms with E-state index in [4.69, 9.17) is 9.47 Å². The number of carbonyl (C=O) groups excluding carboxylic acids is 3. The summed E-state index contributed by atoms with van der Waals surface area (Å²) in [5, 5.41) is 0. The summed E-state index contributed by atoms with van der Waals surface area (Å²) in [5.41, 5.74) is 4.48. The summed E-state index contributed by atoms with van der Waals surface area (Å²) < 4.78 is 10.9. The Balaban J connectivity index is 1.48. The molecule has 1 saturated heterocycles. The Labute approximate surface area is 212 Å². The minimum atomic E-state index is -1.01. The Morgan fingerprint density at radius 1 is 1.08 bits per heavy atom. The van der Waals surface area contributed by atoms with Gasteiger partial charge in [0, 0.05) is 26.1 Å². The van der Waals surface area contributed by atoms with Crippen LogP contribution in [0.3, 0.4) is 0 Å². The molecule has 2 amide bonds. The zero-order chi connectivity index (χ0) is 25.9. The molecular formula is C29H34N2O5. The summed E-state index contributed by atoms with van der Waals surface area (Å²) in [6.45, 7) is 9.09. The number of carbonyl (C=O) groups is 3. The number of hydrogen-bond donors (Lipinski definition) is 0. The van der Waals surface area contributed by atoms with Crippen molar-refractivity contribution in [1.29, 1.82) is 0 Å². The second-order valence-electron chi connectivity index (χ2n) is 10.3. The predicted molar refractivity (Wildman–Crippen MR) is 137 cm³/mol. The van der Waals surface area contributed by atoms with Gasteiger partial charge >= 0.3 is 12.1 Å². The van der Waals surface area contributed by atoms with Crippen LogP contribution in [0.5, 0.6) is 0 Å². The van der Waals surface area contributed by atoms with Crippen molar-refractivity contribution in [2.45, 2.75) is 38.6 Å². The molecule has 0 bridgehead atoms. The Bertz CT molecular complexity index is 1110. The molecule has 4 rings (SSSR count). The number of esters is 1. The third-order valence-electron chi connectivity index (χ3n) is 7.09. The van der Waals surface area contributed by atoms with E-state index in [1.54, 1.807) is 4.90 Å². The lowest BCUT2D eigenvalue weighted by molar-refractivity contribution is -0.148. The second kappa shape index (κ2) is 10.6. The highest BCUT2D eigenvalue weighted by atomic mass is 16.6. The molecule has 7 heteroatoms. The number of fused-ring (bicyclic) bond motifs is 3. The molecule has 0 spiro atoms. The molecule has 0 aromatic heterocycles. The van der Waals surface area contributed by atoms with Gasteiger partial charge in [0.25, 0.3) is 0 Å². The maximum Gasteiger partial charge on any atom is 0.410 e. The number of nitrogens with zero attached hydrogens (tertiary/aromatic N) is 2. The molecule has 1 atom stereocenters. The van der Waals surface area contributed by atoms with Gasteiger partial charge in [-0.1, -0.05) is 75.0 Å². The molecule has 0 saturated carbocycles. The minimum Gasteiger partial charge on any atom is -0.461 e. The van der Waals surface area contributed by atoms with E-state index >= 15 is 0 Å². The molecule has 2 aromatic carbocycles. The number of rotatable bonds is 8. The van der Waals surface area contributed by atoms with Crippen molar-refractivity contribution in [1.82, 2.24) is 9.80 Å². The van der Waals surface area contributed by atoms with Crippen molar-refractivity contribution in [3.05, 3.63) is 72.3 Å². The highest BCUT2D eigenvalue weighted by molar-refractivity contribution is 5.90. The molecule has 1 heterocycles. The van der Waals surface area contributed by atoms with Crippen molar-refractivity contribution in [2.75, 3.05) is 33.4 Å². The Kier molecular flexibility index (Phi) is 7.48. The topological polar surface area (TPSA) is 76.2 Å². The van der Waals surface area contributed by atoms with Gasteiger partial charge in [0.2, 0.25) is 5.91 Å². The molecule has 1 aliphatic heterocycles. The van der Waals surface area contributed by atoms with E-state index in [-0.39, 0.29) is 36.9 Å². The summed E-state index contributed by atoms with van der Waals surface area (Å²) in [7, 11) is 1.50. The number of likely N-dealkylation sites (tertiary alicyclic amines) is 1. The van der Waals surface area contributed by atoms with E-state index in [0.717, 1.165) is 28.7 Å². The predicted octanol–water partition coefficient (Wildman–Crippen LogP) is 4.61. The molecule has 36 heavy (non-hydrogen) atoms. The molecule has 2 aliphatic rings. The first-order chi connectivity index (χ1) is 17.2. The van der Waals surface area contributed by atoms with Crippen LogP contribution in [0.25, 0.3) is 11.1 Å². The second-order valence-corrected chi connectivity index (χ2v) is 10.3. The van der Waals surface area contributed by atoms with Crippen LogP contribution in [-0.4, -0.2) is 67.2 Å². The average Bonchev–Trinajstić information content (AvgIpc) is 3.40. The zero-order valence-electron chi connectivity index (χ0n) is 21.2. The number of amides is 2. The van der Waals surface area contributed by atoms with E-state index in [9.17, 15) is 14.4 Å². The van der Waals surface area contributed by atoms with Gasteiger partial charge in [-0.3, -0.25) is 14.5 Å². The maximum absolute atomic E-state index is 13.4. The van der Waals surface area contributed by atoms with Crippen molar-refractivity contribution < 1.29 is 23.9 Å². The van der Waals surface area contributed by atoms with Crippen LogP contribution in [0.1, 0.15) is 43.7 Å². The van der Waals surface area contributed by atoms with Crippen LogP contribution in [0.15, 0.2) is 61.2 Å². The van der Waals surface area contributed by atoms with Gasteiger partial charge in [-0.15, -0.1) is 0 Å². The third-order valence-corrected chi connectivity index (χ3v) is 7.09. The summed E-state index contributed by atoms with van der Waals surface area (Å²) in [6.07, 6.45) is 1.43. The summed E-state index contributed by atoms with van der Waals surface area (Å²) in [5.74, 6) is -0.932. The first kappa shape index (κ1) is 25.5. The molecule has 0 radical (unpaired) electrons. The molecule has 0 unspecified atom stereocenters. The molecular weight excluding hydrogens is 456 g/mol. The van der Waals surface area contributed by atoms with Gasteiger partial charge < -0.3 is 14.4 Å². The largest absolute Gasteiger partial charge is 0.461 e. The Morgan fingerprint density at radius 3 is 2.25 bits per heavy atom. The van der Waals surface area contributed by atoms with Crippen LogP contribution < -0.4 is 0 Å².